The van der Waals surface area contributed by atoms with E-state index in [2.05, 4.69) is 4.98 Å². The van der Waals surface area contributed by atoms with Crippen LogP contribution in [0.1, 0.15) is 29.2 Å². The number of Topliss-reactive ketones (excluding diaryl/α,β-unsaturated/α-hetero) is 1. The number of carbonyl (C=O) groups excluding carboxylic acids is 2. The first kappa shape index (κ1) is 20.0. The van der Waals surface area contributed by atoms with Gasteiger partial charge in [-0.1, -0.05) is 36.4 Å². The highest BCUT2D eigenvalue weighted by molar-refractivity contribution is 6.16. The second-order valence-electron chi connectivity index (χ2n) is 7.19. The SMILES string of the molecule is N#Cc1ccc(N2C(=O)C(O)=C(C(=O)CCc3ccccc3)C2c2cccnc2)cc1. The minimum absolute atomic E-state index is 0.0679. The van der Waals surface area contributed by atoms with Crippen molar-refractivity contribution in [3.63, 3.8) is 0 Å². The Hall–Kier alpha value is -4.24. The molecule has 0 fully saturated rings. The molecule has 1 atom stereocenters. The quantitative estimate of drug-likeness (QED) is 0.663. The van der Waals surface area contributed by atoms with Crippen molar-refractivity contribution in [1.82, 2.24) is 4.98 Å². The van der Waals surface area contributed by atoms with Crippen LogP contribution in [0.2, 0.25) is 0 Å². The third-order valence-electron chi connectivity index (χ3n) is 5.27. The molecule has 0 bridgehead atoms. The van der Waals surface area contributed by atoms with Gasteiger partial charge in [0.2, 0.25) is 0 Å². The molecule has 4 rings (SSSR count). The number of benzene rings is 2. The van der Waals surface area contributed by atoms with Crippen LogP contribution in [0.3, 0.4) is 0 Å². The van der Waals surface area contributed by atoms with E-state index in [4.69, 9.17) is 5.26 Å². The average Bonchev–Trinajstić information content (AvgIpc) is 3.09. The van der Waals surface area contributed by atoms with Gasteiger partial charge in [-0.2, -0.15) is 5.26 Å². The number of aliphatic hydroxyl groups excluding tert-OH is 1. The number of carbonyl (C=O) groups is 2. The highest BCUT2D eigenvalue weighted by Crippen LogP contribution is 2.41. The Bertz CT molecular complexity index is 1180. The Morgan fingerprint density at radius 2 is 1.81 bits per heavy atom. The standard InChI is InChI=1S/C25H19N3O3/c26-15-18-8-11-20(12-9-18)28-23(19-7-4-14-27-16-19)22(24(30)25(28)31)21(29)13-10-17-5-2-1-3-6-17/h1-9,11-12,14,16,23,30H,10,13H2. The summed E-state index contributed by atoms with van der Waals surface area (Å²) in [5.41, 5.74) is 2.62. The fraction of sp³-hybridized carbons (Fsp3) is 0.120. The molecule has 0 aliphatic carbocycles. The van der Waals surface area contributed by atoms with Crippen LogP contribution in [-0.4, -0.2) is 21.8 Å². The van der Waals surface area contributed by atoms with Crippen molar-refractivity contribution in [2.24, 2.45) is 0 Å². The molecule has 1 aliphatic rings. The van der Waals surface area contributed by atoms with Crippen molar-refractivity contribution in [2.75, 3.05) is 4.90 Å². The lowest BCUT2D eigenvalue weighted by molar-refractivity contribution is -0.118. The van der Waals surface area contributed by atoms with Crippen LogP contribution in [0.4, 0.5) is 5.69 Å². The molecule has 3 aromatic rings. The lowest BCUT2D eigenvalue weighted by Gasteiger charge is -2.26. The van der Waals surface area contributed by atoms with Crippen molar-refractivity contribution in [3.8, 4) is 6.07 Å². The van der Waals surface area contributed by atoms with Gasteiger partial charge in [0.1, 0.15) is 0 Å². The summed E-state index contributed by atoms with van der Waals surface area (Å²) in [6, 6.07) is 20.8. The van der Waals surface area contributed by atoms with Gasteiger partial charge >= 0.3 is 0 Å². The number of ketones is 1. The molecule has 0 saturated carbocycles. The third-order valence-corrected chi connectivity index (χ3v) is 5.27. The summed E-state index contributed by atoms with van der Waals surface area (Å²) < 4.78 is 0. The molecular weight excluding hydrogens is 390 g/mol. The Morgan fingerprint density at radius 3 is 2.45 bits per heavy atom. The zero-order valence-corrected chi connectivity index (χ0v) is 16.6. The lowest BCUT2D eigenvalue weighted by Crippen LogP contribution is -2.31. The van der Waals surface area contributed by atoms with E-state index < -0.39 is 17.7 Å². The molecular formula is C25H19N3O3. The summed E-state index contributed by atoms with van der Waals surface area (Å²) in [5.74, 6) is -1.49. The molecule has 1 unspecified atom stereocenters. The van der Waals surface area contributed by atoms with Gasteiger partial charge in [-0.05, 0) is 47.9 Å². The fourth-order valence-electron chi connectivity index (χ4n) is 3.74. The number of aryl methyl sites for hydroxylation is 1. The predicted octanol–water partition coefficient (Wildman–Crippen LogP) is 4.06. The summed E-state index contributed by atoms with van der Waals surface area (Å²) in [7, 11) is 0. The van der Waals surface area contributed by atoms with Crippen LogP contribution in [0, 0.1) is 11.3 Å². The van der Waals surface area contributed by atoms with Gasteiger partial charge in [0, 0.05) is 24.5 Å². The summed E-state index contributed by atoms with van der Waals surface area (Å²) in [6.07, 6.45) is 3.85. The Balaban J connectivity index is 1.71. The molecule has 2 heterocycles. The Morgan fingerprint density at radius 1 is 1.06 bits per heavy atom. The first-order chi connectivity index (χ1) is 15.1. The van der Waals surface area contributed by atoms with Crippen molar-refractivity contribution in [2.45, 2.75) is 18.9 Å². The molecule has 152 valence electrons. The van der Waals surface area contributed by atoms with Crippen LogP contribution in [0.25, 0.3) is 0 Å². The second kappa shape index (κ2) is 8.64. The number of rotatable bonds is 6. The van der Waals surface area contributed by atoms with E-state index in [-0.39, 0.29) is 17.8 Å². The number of amides is 1. The van der Waals surface area contributed by atoms with E-state index in [0.717, 1.165) is 5.56 Å². The van der Waals surface area contributed by atoms with E-state index in [1.165, 1.54) is 4.90 Å². The summed E-state index contributed by atoms with van der Waals surface area (Å²) >= 11 is 0. The van der Waals surface area contributed by atoms with Crippen molar-refractivity contribution in [3.05, 3.63) is 107 Å². The van der Waals surface area contributed by atoms with Gasteiger partial charge in [0.25, 0.3) is 5.91 Å². The first-order valence-corrected chi connectivity index (χ1v) is 9.84. The minimum atomic E-state index is -0.794. The van der Waals surface area contributed by atoms with Crippen molar-refractivity contribution in [1.29, 1.82) is 5.26 Å². The van der Waals surface area contributed by atoms with E-state index in [0.29, 0.717) is 23.2 Å². The zero-order chi connectivity index (χ0) is 21.8. The number of aromatic nitrogens is 1. The van der Waals surface area contributed by atoms with Gasteiger partial charge in [0.05, 0.1) is 23.2 Å². The highest BCUT2D eigenvalue weighted by atomic mass is 16.3. The highest BCUT2D eigenvalue weighted by Gasteiger charge is 2.44. The summed E-state index contributed by atoms with van der Waals surface area (Å²) in [5, 5.41) is 19.7. The van der Waals surface area contributed by atoms with Gasteiger partial charge < -0.3 is 5.11 Å². The summed E-state index contributed by atoms with van der Waals surface area (Å²) in [6.45, 7) is 0. The maximum Gasteiger partial charge on any atom is 0.294 e. The predicted molar refractivity (Wildman–Crippen MR) is 115 cm³/mol. The van der Waals surface area contributed by atoms with E-state index in [9.17, 15) is 14.7 Å². The van der Waals surface area contributed by atoms with Crippen LogP contribution in [0.5, 0.6) is 0 Å². The second-order valence-corrected chi connectivity index (χ2v) is 7.19. The van der Waals surface area contributed by atoms with Crippen LogP contribution in [0.15, 0.2) is 90.5 Å². The smallest absolute Gasteiger partial charge is 0.294 e. The van der Waals surface area contributed by atoms with Gasteiger partial charge in [-0.15, -0.1) is 0 Å². The molecule has 6 heteroatoms. The normalized spacial score (nSPS) is 15.8. The van der Waals surface area contributed by atoms with Gasteiger partial charge in [-0.3, -0.25) is 19.5 Å². The van der Waals surface area contributed by atoms with Crippen LogP contribution in [-0.2, 0) is 16.0 Å². The number of pyridine rings is 1. The molecule has 1 aromatic heterocycles. The van der Waals surface area contributed by atoms with Gasteiger partial charge in [-0.25, -0.2) is 0 Å². The molecule has 0 saturated heterocycles. The number of aliphatic hydroxyl groups is 1. The van der Waals surface area contributed by atoms with E-state index >= 15 is 0 Å². The van der Waals surface area contributed by atoms with Crippen LogP contribution < -0.4 is 4.90 Å². The number of hydrogen-bond donors (Lipinski definition) is 1. The zero-order valence-electron chi connectivity index (χ0n) is 16.6. The topological polar surface area (TPSA) is 94.3 Å². The Kier molecular flexibility index (Phi) is 5.59. The molecule has 0 radical (unpaired) electrons. The molecule has 31 heavy (non-hydrogen) atoms. The largest absolute Gasteiger partial charge is 0.503 e. The molecule has 1 N–H and O–H groups in total. The average molecular weight is 409 g/mol. The number of nitrogens with zero attached hydrogens (tertiary/aromatic N) is 3. The molecule has 6 nitrogen and oxygen atoms in total. The number of hydrogen-bond acceptors (Lipinski definition) is 5. The fourth-order valence-corrected chi connectivity index (χ4v) is 3.74. The lowest BCUT2D eigenvalue weighted by atomic mass is 9.94. The molecule has 1 aliphatic heterocycles. The van der Waals surface area contributed by atoms with E-state index in [1.54, 1.807) is 48.8 Å². The minimum Gasteiger partial charge on any atom is -0.503 e. The monoisotopic (exact) mass is 409 g/mol. The molecule has 1 amide bonds. The maximum atomic E-state index is 13.2. The van der Waals surface area contributed by atoms with Crippen molar-refractivity contribution >= 4 is 17.4 Å². The van der Waals surface area contributed by atoms with Crippen LogP contribution >= 0.6 is 0 Å². The maximum absolute atomic E-state index is 13.2. The third kappa shape index (κ3) is 3.94. The number of nitriles is 1. The van der Waals surface area contributed by atoms with Gasteiger partial charge in [0.15, 0.2) is 11.5 Å². The summed E-state index contributed by atoms with van der Waals surface area (Å²) in [4.78, 5) is 31.7. The first-order valence-electron chi connectivity index (χ1n) is 9.84. The molecule has 2 aromatic carbocycles. The number of anilines is 1. The Labute approximate surface area is 179 Å². The van der Waals surface area contributed by atoms with E-state index in [1.807, 2.05) is 36.4 Å². The molecule has 0 spiro atoms. The van der Waals surface area contributed by atoms with Crippen molar-refractivity contribution < 1.29 is 14.7 Å².